The molecule has 32 heavy (non-hydrogen) atoms. The predicted molar refractivity (Wildman–Crippen MR) is 122 cm³/mol. The molecule has 8 nitrogen and oxygen atoms in total. The Bertz CT molecular complexity index is 1270. The minimum Gasteiger partial charge on any atom is -0.477 e. The van der Waals surface area contributed by atoms with E-state index in [1.165, 1.54) is 11.6 Å². The van der Waals surface area contributed by atoms with E-state index in [0.717, 1.165) is 23.9 Å². The maximum absolute atomic E-state index is 12.8. The third kappa shape index (κ3) is 4.26. The number of rotatable bonds is 7. The summed E-state index contributed by atoms with van der Waals surface area (Å²) in [7, 11) is 4.05. The summed E-state index contributed by atoms with van der Waals surface area (Å²) in [6.45, 7) is 2.85. The third-order valence-corrected chi connectivity index (χ3v) is 5.26. The number of hydrogen-bond donors (Lipinski definition) is 3. The molecule has 0 spiro atoms. The zero-order valence-corrected chi connectivity index (χ0v) is 18.1. The van der Waals surface area contributed by atoms with Gasteiger partial charge in [-0.1, -0.05) is 12.1 Å². The summed E-state index contributed by atoms with van der Waals surface area (Å²) in [5.41, 5.74) is 3.70. The molecule has 3 N–H and O–H groups in total. The largest absolute Gasteiger partial charge is 0.477 e. The number of likely N-dealkylation sites (N-methyl/N-ethyl adjacent to an activating group) is 1. The Kier molecular flexibility index (Phi) is 5.79. The second-order valence-electron chi connectivity index (χ2n) is 7.92. The number of carbonyl (C=O) groups is 2. The number of Topliss-reactive ketones (excluding diaryl/α,β-unsaturated/α-hetero) is 1. The van der Waals surface area contributed by atoms with Gasteiger partial charge < -0.3 is 25.0 Å². The van der Waals surface area contributed by atoms with Gasteiger partial charge in [-0.3, -0.25) is 4.79 Å². The second-order valence-corrected chi connectivity index (χ2v) is 7.92. The van der Waals surface area contributed by atoms with Crippen molar-refractivity contribution in [2.24, 2.45) is 0 Å². The maximum Gasteiger partial charge on any atom is 0.345 e. The van der Waals surface area contributed by atoms with Gasteiger partial charge in [0.15, 0.2) is 11.3 Å². The van der Waals surface area contributed by atoms with Gasteiger partial charge in [0.2, 0.25) is 11.7 Å². The number of H-pyrrole nitrogens is 1. The normalized spacial score (nSPS) is 15.1. The van der Waals surface area contributed by atoms with Crippen LogP contribution in [-0.4, -0.2) is 52.4 Å². The van der Waals surface area contributed by atoms with Crippen LogP contribution in [0.4, 0.5) is 5.69 Å². The van der Waals surface area contributed by atoms with Crippen molar-refractivity contribution in [2.45, 2.75) is 13.3 Å². The van der Waals surface area contributed by atoms with Crippen LogP contribution >= 0.6 is 0 Å². The molecular weight excluding hydrogens is 408 g/mol. The first-order valence-corrected chi connectivity index (χ1v) is 10.2. The van der Waals surface area contributed by atoms with Crippen molar-refractivity contribution in [1.82, 2.24) is 14.9 Å². The van der Waals surface area contributed by atoms with Gasteiger partial charge in [0, 0.05) is 35.6 Å². The van der Waals surface area contributed by atoms with E-state index in [1.54, 1.807) is 18.5 Å². The van der Waals surface area contributed by atoms with Gasteiger partial charge in [0.05, 0.1) is 0 Å². The van der Waals surface area contributed by atoms with Crippen LogP contribution < -0.4 is 5.32 Å². The number of nitrogens with one attached hydrogen (secondary N) is 2. The Morgan fingerprint density at radius 2 is 2.12 bits per heavy atom. The Balaban J connectivity index is 1.60. The first-order chi connectivity index (χ1) is 15.3. The first kappa shape index (κ1) is 21.3. The molecule has 0 atom stereocenters. The van der Waals surface area contributed by atoms with Crippen molar-refractivity contribution in [3.8, 4) is 0 Å². The van der Waals surface area contributed by atoms with Gasteiger partial charge in [-0.2, -0.15) is 0 Å². The van der Waals surface area contributed by atoms with Crippen LogP contribution in [0.3, 0.4) is 0 Å². The lowest BCUT2D eigenvalue weighted by molar-refractivity contribution is -0.134. The number of benzene rings is 1. The lowest BCUT2D eigenvalue weighted by Gasteiger charge is -2.13. The van der Waals surface area contributed by atoms with E-state index in [4.69, 9.17) is 4.74 Å². The summed E-state index contributed by atoms with van der Waals surface area (Å²) in [6, 6.07) is 9.53. The van der Waals surface area contributed by atoms with E-state index in [-0.39, 0.29) is 11.6 Å². The highest BCUT2D eigenvalue weighted by atomic mass is 16.5. The van der Waals surface area contributed by atoms with Gasteiger partial charge in [0.25, 0.3) is 0 Å². The molecule has 0 saturated carbocycles. The fraction of sp³-hybridized carbons (Fsp3) is 0.208. The molecule has 0 saturated heterocycles. The van der Waals surface area contributed by atoms with Gasteiger partial charge in [-0.05, 0) is 62.8 Å². The zero-order chi connectivity index (χ0) is 22.8. The number of fused-ring (bicyclic) bond motifs is 1. The molecule has 0 amide bonds. The van der Waals surface area contributed by atoms with Crippen LogP contribution in [0.2, 0.25) is 0 Å². The molecule has 2 aromatic heterocycles. The monoisotopic (exact) mass is 432 g/mol. The molecule has 8 heteroatoms. The Hall–Kier alpha value is -3.91. The molecule has 3 aromatic rings. The van der Waals surface area contributed by atoms with E-state index in [1.807, 2.05) is 45.3 Å². The van der Waals surface area contributed by atoms with Crippen LogP contribution in [0.15, 0.2) is 59.9 Å². The minimum atomic E-state index is -1.35. The number of aliphatic carboxylic acids is 1. The van der Waals surface area contributed by atoms with E-state index in [2.05, 4.69) is 20.2 Å². The molecule has 4 rings (SSSR count). The summed E-state index contributed by atoms with van der Waals surface area (Å²) in [6.07, 6.45) is 5.78. The maximum atomic E-state index is 12.8. The van der Waals surface area contributed by atoms with E-state index in [0.29, 0.717) is 16.9 Å². The predicted octanol–water partition coefficient (Wildman–Crippen LogP) is 3.32. The van der Waals surface area contributed by atoms with Crippen LogP contribution in [0.25, 0.3) is 17.1 Å². The van der Waals surface area contributed by atoms with Crippen LogP contribution in [-0.2, 0) is 20.7 Å². The van der Waals surface area contributed by atoms with Crippen molar-refractivity contribution < 1.29 is 19.4 Å². The number of aromatic nitrogens is 2. The molecule has 0 radical (unpaired) electrons. The highest BCUT2D eigenvalue weighted by molar-refractivity contribution is 6.26. The number of aromatic amines is 1. The molecule has 0 bridgehead atoms. The summed E-state index contributed by atoms with van der Waals surface area (Å²) < 4.78 is 5.70. The summed E-state index contributed by atoms with van der Waals surface area (Å²) in [5, 5.41) is 13.4. The summed E-state index contributed by atoms with van der Waals surface area (Å²) >= 11 is 0. The van der Waals surface area contributed by atoms with Crippen molar-refractivity contribution in [1.29, 1.82) is 0 Å². The molecule has 0 unspecified atom stereocenters. The average Bonchev–Trinajstić information content (AvgIpc) is 3.29. The highest BCUT2D eigenvalue weighted by Crippen LogP contribution is 2.30. The molecule has 1 aliphatic rings. The Morgan fingerprint density at radius 1 is 1.31 bits per heavy atom. The standard InChI is InChI=1S/C24H24N4O4/c1-14-11-15(8-10-28(2)3)6-7-18(14)27-23-20(24(30)31)21(29)19(32-23)12-16-13-26-22-17(16)5-4-9-25-22/h4-7,9,11-13,27H,8,10H2,1-3H3,(H,25,26)(H,30,31). The third-order valence-electron chi connectivity index (χ3n) is 5.26. The number of anilines is 1. The molecule has 3 heterocycles. The Labute approximate surface area is 185 Å². The molecule has 164 valence electrons. The lowest BCUT2D eigenvalue weighted by atomic mass is 10.1. The van der Waals surface area contributed by atoms with E-state index >= 15 is 0 Å². The van der Waals surface area contributed by atoms with E-state index in [9.17, 15) is 14.7 Å². The van der Waals surface area contributed by atoms with Gasteiger partial charge >= 0.3 is 5.97 Å². The number of carbonyl (C=O) groups excluding carboxylic acids is 1. The topological polar surface area (TPSA) is 108 Å². The summed E-state index contributed by atoms with van der Waals surface area (Å²) in [4.78, 5) is 34.0. The van der Waals surface area contributed by atoms with Crippen molar-refractivity contribution in [3.63, 3.8) is 0 Å². The van der Waals surface area contributed by atoms with Crippen molar-refractivity contribution in [2.75, 3.05) is 26.0 Å². The lowest BCUT2D eigenvalue weighted by Crippen LogP contribution is -2.15. The average molecular weight is 432 g/mol. The highest BCUT2D eigenvalue weighted by Gasteiger charge is 2.36. The SMILES string of the molecule is Cc1cc(CCN(C)C)ccc1NC1=C(C(=O)O)C(=O)C(=Cc2c[nH]c3ncccc23)O1. The number of carboxylic acid groups (broad SMARTS) is 1. The fourth-order valence-electron chi connectivity index (χ4n) is 3.55. The van der Waals surface area contributed by atoms with Crippen molar-refractivity contribution in [3.05, 3.63) is 76.6 Å². The number of aryl methyl sites for hydroxylation is 1. The number of carboxylic acids is 1. The fourth-order valence-corrected chi connectivity index (χ4v) is 3.55. The number of ether oxygens (including phenoxy) is 1. The minimum absolute atomic E-state index is 0.0603. The van der Waals surface area contributed by atoms with Gasteiger partial charge in [0.1, 0.15) is 5.65 Å². The number of hydrogen-bond acceptors (Lipinski definition) is 6. The molecule has 0 aliphatic carbocycles. The number of pyridine rings is 1. The van der Waals surface area contributed by atoms with Crippen LogP contribution in [0, 0.1) is 6.92 Å². The van der Waals surface area contributed by atoms with Crippen molar-refractivity contribution >= 4 is 34.5 Å². The first-order valence-electron chi connectivity index (χ1n) is 10.2. The molecule has 1 aliphatic heterocycles. The Morgan fingerprint density at radius 3 is 2.84 bits per heavy atom. The molecule has 0 fully saturated rings. The van der Waals surface area contributed by atoms with Crippen LogP contribution in [0.1, 0.15) is 16.7 Å². The second kappa shape index (κ2) is 8.68. The molecular formula is C24H24N4O4. The smallest absolute Gasteiger partial charge is 0.345 e. The van der Waals surface area contributed by atoms with Gasteiger partial charge in [-0.25, -0.2) is 9.78 Å². The quantitative estimate of drug-likeness (QED) is 0.388. The summed E-state index contributed by atoms with van der Waals surface area (Å²) in [5.74, 6) is -2.17. The number of nitrogens with zero attached hydrogens (tertiary/aromatic N) is 2. The van der Waals surface area contributed by atoms with E-state index < -0.39 is 17.3 Å². The zero-order valence-electron chi connectivity index (χ0n) is 18.1. The number of ketones is 1. The molecule has 1 aromatic carbocycles. The van der Waals surface area contributed by atoms with Crippen LogP contribution in [0.5, 0.6) is 0 Å². The number of allylic oxidation sites excluding steroid dienone is 1. The van der Waals surface area contributed by atoms with Gasteiger partial charge in [-0.15, -0.1) is 0 Å².